The quantitative estimate of drug-likeness (QED) is 0.704. The van der Waals surface area contributed by atoms with E-state index < -0.39 is 0 Å². The first-order chi connectivity index (χ1) is 8.59. The minimum atomic E-state index is 0.628. The molecule has 0 amide bonds. The summed E-state index contributed by atoms with van der Waals surface area (Å²) in [6.45, 7) is 16.6. The first-order valence-corrected chi connectivity index (χ1v) is 7.79. The first kappa shape index (κ1) is 15.9. The molecule has 0 saturated carbocycles. The van der Waals surface area contributed by atoms with Gasteiger partial charge < -0.3 is 10.2 Å². The van der Waals surface area contributed by atoms with Crippen molar-refractivity contribution < 1.29 is 0 Å². The highest BCUT2D eigenvalue weighted by Gasteiger charge is 2.15. The summed E-state index contributed by atoms with van der Waals surface area (Å²) in [6, 6.07) is 1.34. The molecule has 3 heteroatoms. The van der Waals surface area contributed by atoms with Crippen LogP contribution >= 0.6 is 0 Å². The van der Waals surface area contributed by atoms with Gasteiger partial charge in [0.1, 0.15) is 0 Å². The molecule has 1 rings (SSSR count). The highest BCUT2D eigenvalue weighted by atomic mass is 15.2. The Morgan fingerprint density at radius 3 is 2.39 bits per heavy atom. The Kier molecular flexibility index (Phi) is 7.87. The third kappa shape index (κ3) is 6.72. The minimum absolute atomic E-state index is 0.628. The SMILES string of the molecule is CC(C)NCCCCN1CCCN(C(C)C)CC1. The maximum Gasteiger partial charge on any atom is 0.0112 e. The normalized spacial score (nSPS) is 19.7. The van der Waals surface area contributed by atoms with Crippen LogP contribution in [-0.2, 0) is 0 Å². The second-order valence-electron chi connectivity index (χ2n) is 6.14. The van der Waals surface area contributed by atoms with Gasteiger partial charge in [-0.1, -0.05) is 13.8 Å². The largest absolute Gasteiger partial charge is 0.315 e. The van der Waals surface area contributed by atoms with Crippen molar-refractivity contribution in [3.63, 3.8) is 0 Å². The summed E-state index contributed by atoms with van der Waals surface area (Å²) in [5, 5.41) is 3.49. The standard InChI is InChI=1S/C15H33N3/c1-14(2)16-8-5-6-9-17-10-7-11-18(13-12-17)15(3)4/h14-16H,5-13H2,1-4H3. The average molecular weight is 255 g/mol. The van der Waals surface area contributed by atoms with Crippen LogP contribution < -0.4 is 5.32 Å². The molecule has 1 saturated heterocycles. The van der Waals surface area contributed by atoms with Gasteiger partial charge in [-0.15, -0.1) is 0 Å². The lowest BCUT2D eigenvalue weighted by Crippen LogP contribution is -2.35. The number of hydrogen-bond acceptors (Lipinski definition) is 3. The molecule has 0 aromatic carbocycles. The highest BCUT2D eigenvalue weighted by Crippen LogP contribution is 2.07. The summed E-state index contributed by atoms with van der Waals surface area (Å²) in [4.78, 5) is 5.26. The summed E-state index contributed by atoms with van der Waals surface area (Å²) in [6.07, 6.45) is 3.98. The predicted octanol–water partition coefficient (Wildman–Crippen LogP) is 2.18. The maximum absolute atomic E-state index is 3.49. The lowest BCUT2D eigenvalue weighted by atomic mass is 10.2. The molecule has 0 unspecified atom stereocenters. The monoisotopic (exact) mass is 255 g/mol. The number of unbranched alkanes of at least 4 members (excludes halogenated alkanes) is 1. The van der Waals surface area contributed by atoms with Gasteiger partial charge in [-0.3, -0.25) is 4.90 Å². The van der Waals surface area contributed by atoms with Crippen molar-refractivity contribution in [3.05, 3.63) is 0 Å². The third-order valence-corrected chi connectivity index (χ3v) is 3.81. The van der Waals surface area contributed by atoms with Crippen LogP contribution in [0.5, 0.6) is 0 Å². The molecule has 1 fully saturated rings. The number of rotatable bonds is 7. The summed E-state index contributed by atoms with van der Waals surface area (Å²) in [5.41, 5.74) is 0. The molecule has 3 nitrogen and oxygen atoms in total. The van der Waals surface area contributed by atoms with E-state index in [-0.39, 0.29) is 0 Å². The van der Waals surface area contributed by atoms with Gasteiger partial charge in [-0.2, -0.15) is 0 Å². The second kappa shape index (κ2) is 8.89. The van der Waals surface area contributed by atoms with E-state index in [0.29, 0.717) is 12.1 Å². The maximum atomic E-state index is 3.49. The van der Waals surface area contributed by atoms with E-state index in [2.05, 4.69) is 42.8 Å². The summed E-state index contributed by atoms with van der Waals surface area (Å²) in [5.74, 6) is 0. The fraction of sp³-hybridized carbons (Fsp3) is 1.00. The first-order valence-electron chi connectivity index (χ1n) is 7.79. The zero-order valence-corrected chi connectivity index (χ0v) is 12.9. The third-order valence-electron chi connectivity index (χ3n) is 3.81. The van der Waals surface area contributed by atoms with Crippen molar-refractivity contribution >= 4 is 0 Å². The van der Waals surface area contributed by atoms with E-state index in [4.69, 9.17) is 0 Å². The van der Waals surface area contributed by atoms with Gasteiger partial charge in [0.15, 0.2) is 0 Å². The fourth-order valence-electron chi connectivity index (χ4n) is 2.58. The van der Waals surface area contributed by atoms with Crippen LogP contribution in [0.1, 0.15) is 47.0 Å². The van der Waals surface area contributed by atoms with E-state index >= 15 is 0 Å². The molecule has 1 aliphatic rings. The van der Waals surface area contributed by atoms with Crippen LogP contribution in [0.4, 0.5) is 0 Å². The predicted molar refractivity (Wildman–Crippen MR) is 80.1 cm³/mol. The Balaban J connectivity index is 2.08. The molecule has 0 bridgehead atoms. The van der Waals surface area contributed by atoms with Crippen LogP contribution in [0.2, 0.25) is 0 Å². The van der Waals surface area contributed by atoms with Crippen LogP contribution in [-0.4, -0.2) is 61.2 Å². The van der Waals surface area contributed by atoms with Gasteiger partial charge in [0.25, 0.3) is 0 Å². The molecular weight excluding hydrogens is 222 g/mol. The molecule has 0 aliphatic carbocycles. The number of hydrogen-bond donors (Lipinski definition) is 1. The Hall–Kier alpha value is -0.120. The molecule has 0 spiro atoms. The summed E-state index contributed by atoms with van der Waals surface area (Å²) in [7, 11) is 0. The lowest BCUT2D eigenvalue weighted by molar-refractivity contribution is 0.219. The van der Waals surface area contributed by atoms with E-state index in [9.17, 15) is 0 Å². The van der Waals surface area contributed by atoms with Crippen molar-refractivity contribution in [2.45, 2.75) is 59.0 Å². The molecule has 0 radical (unpaired) electrons. The van der Waals surface area contributed by atoms with Crippen molar-refractivity contribution in [2.75, 3.05) is 39.3 Å². The van der Waals surface area contributed by atoms with Gasteiger partial charge in [0, 0.05) is 25.2 Å². The van der Waals surface area contributed by atoms with Crippen molar-refractivity contribution in [3.8, 4) is 0 Å². The Labute approximate surface area is 114 Å². The smallest absolute Gasteiger partial charge is 0.0112 e. The van der Waals surface area contributed by atoms with Crippen LogP contribution in [0.15, 0.2) is 0 Å². The average Bonchev–Trinajstić information content (AvgIpc) is 2.53. The molecule has 1 N–H and O–H groups in total. The van der Waals surface area contributed by atoms with Crippen LogP contribution in [0, 0.1) is 0 Å². The molecule has 1 heterocycles. The van der Waals surface area contributed by atoms with Crippen molar-refractivity contribution in [1.82, 2.24) is 15.1 Å². The summed E-state index contributed by atoms with van der Waals surface area (Å²) < 4.78 is 0. The van der Waals surface area contributed by atoms with Gasteiger partial charge >= 0.3 is 0 Å². The van der Waals surface area contributed by atoms with Crippen LogP contribution in [0.25, 0.3) is 0 Å². The molecule has 0 aromatic heterocycles. The van der Waals surface area contributed by atoms with Crippen LogP contribution in [0.3, 0.4) is 0 Å². The van der Waals surface area contributed by atoms with E-state index in [1.807, 2.05) is 0 Å². The lowest BCUT2D eigenvalue weighted by Gasteiger charge is -2.24. The van der Waals surface area contributed by atoms with Gasteiger partial charge in [-0.05, 0) is 59.3 Å². The summed E-state index contributed by atoms with van der Waals surface area (Å²) >= 11 is 0. The molecular formula is C15H33N3. The van der Waals surface area contributed by atoms with E-state index in [0.717, 1.165) is 0 Å². The van der Waals surface area contributed by atoms with Gasteiger partial charge in [-0.25, -0.2) is 0 Å². The molecule has 108 valence electrons. The molecule has 18 heavy (non-hydrogen) atoms. The zero-order valence-electron chi connectivity index (χ0n) is 12.9. The Morgan fingerprint density at radius 2 is 1.72 bits per heavy atom. The number of nitrogens with zero attached hydrogens (tertiary/aromatic N) is 2. The van der Waals surface area contributed by atoms with E-state index in [1.54, 1.807) is 0 Å². The molecule has 1 aliphatic heterocycles. The molecule has 0 atom stereocenters. The van der Waals surface area contributed by atoms with Gasteiger partial charge in [0.05, 0.1) is 0 Å². The van der Waals surface area contributed by atoms with Crippen molar-refractivity contribution in [1.29, 1.82) is 0 Å². The fourth-order valence-corrected chi connectivity index (χ4v) is 2.58. The van der Waals surface area contributed by atoms with E-state index in [1.165, 1.54) is 58.5 Å². The van der Waals surface area contributed by atoms with Gasteiger partial charge in [0.2, 0.25) is 0 Å². The zero-order chi connectivity index (χ0) is 13.4. The Morgan fingerprint density at radius 1 is 0.944 bits per heavy atom. The Bertz CT molecular complexity index is 204. The number of nitrogens with one attached hydrogen (secondary N) is 1. The van der Waals surface area contributed by atoms with Crippen molar-refractivity contribution in [2.24, 2.45) is 0 Å². The second-order valence-corrected chi connectivity index (χ2v) is 6.14. The highest BCUT2D eigenvalue weighted by molar-refractivity contribution is 4.72. The molecule has 0 aromatic rings. The topological polar surface area (TPSA) is 18.5 Å². The minimum Gasteiger partial charge on any atom is -0.315 e.